The van der Waals surface area contributed by atoms with Crippen molar-refractivity contribution in [2.24, 2.45) is 11.7 Å². The number of hydrogen-bond donors (Lipinski definition) is 2. The highest BCUT2D eigenvalue weighted by molar-refractivity contribution is 5.77. The summed E-state index contributed by atoms with van der Waals surface area (Å²) in [5, 5.41) is 2.77. The molecule has 23 heavy (non-hydrogen) atoms. The Kier molecular flexibility index (Phi) is 6.04. The number of amides is 1. The third kappa shape index (κ3) is 4.96. The van der Waals surface area contributed by atoms with Crippen LogP contribution in [0.25, 0.3) is 0 Å². The molecule has 1 aromatic carbocycles. The predicted octanol–water partition coefficient (Wildman–Crippen LogP) is 3.36. The molecule has 3 N–H and O–H groups in total. The first-order valence-corrected chi connectivity index (χ1v) is 8.03. The van der Waals surface area contributed by atoms with E-state index in [0.717, 1.165) is 25.7 Å². The first-order valence-electron chi connectivity index (χ1n) is 8.03. The number of benzene rings is 1. The van der Waals surface area contributed by atoms with Crippen molar-refractivity contribution in [2.45, 2.75) is 50.2 Å². The van der Waals surface area contributed by atoms with Crippen molar-refractivity contribution in [1.82, 2.24) is 5.32 Å². The third-order valence-electron chi connectivity index (χ3n) is 4.54. The van der Waals surface area contributed by atoms with E-state index in [0.29, 0.717) is 6.54 Å². The minimum Gasteiger partial charge on any atom is -0.353 e. The smallest absolute Gasteiger partial charge is 0.353 e. The molecule has 2 rings (SSSR count). The monoisotopic (exact) mass is 328 g/mol. The highest BCUT2D eigenvalue weighted by Crippen LogP contribution is 2.37. The molecule has 0 bridgehead atoms. The van der Waals surface area contributed by atoms with Crippen molar-refractivity contribution in [1.29, 1.82) is 0 Å². The van der Waals surface area contributed by atoms with Crippen LogP contribution in [0.15, 0.2) is 30.3 Å². The Morgan fingerprint density at radius 1 is 1.22 bits per heavy atom. The van der Waals surface area contributed by atoms with Crippen LogP contribution in [-0.2, 0) is 4.79 Å². The molecule has 0 aliphatic heterocycles. The van der Waals surface area contributed by atoms with Crippen LogP contribution >= 0.6 is 0 Å². The number of carbonyl (C=O) groups excluding carboxylic acids is 1. The number of hydrogen-bond acceptors (Lipinski definition) is 2. The quantitative estimate of drug-likeness (QED) is 0.871. The van der Waals surface area contributed by atoms with Crippen LogP contribution < -0.4 is 11.1 Å². The van der Waals surface area contributed by atoms with E-state index in [1.165, 1.54) is 12.1 Å². The van der Waals surface area contributed by atoms with Gasteiger partial charge in [0.1, 0.15) is 0 Å². The summed E-state index contributed by atoms with van der Waals surface area (Å²) in [6.07, 6.45) is -1.29. The molecule has 1 fully saturated rings. The van der Waals surface area contributed by atoms with Gasteiger partial charge >= 0.3 is 6.18 Å². The van der Waals surface area contributed by atoms with Crippen LogP contribution in [0, 0.1) is 5.92 Å². The summed E-state index contributed by atoms with van der Waals surface area (Å²) in [6, 6.07) is 7.48. The van der Waals surface area contributed by atoms with Crippen LogP contribution in [0.1, 0.15) is 43.6 Å². The average Bonchev–Trinajstić information content (AvgIpc) is 2.53. The van der Waals surface area contributed by atoms with Crippen LogP contribution in [0.2, 0.25) is 0 Å². The summed E-state index contributed by atoms with van der Waals surface area (Å²) in [7, 11) is 0. The van der Waals surface area contributed by atoms with Gasteiger partial charge in [0.2, 0.25) is 5.91 Å². The van der Waals surface area contributed by atoms with E-state index in [2.05, 4.69) is 5.32 Å². The van der Waals surface area contributed by atoms with Gasteiger partial charge in [-0.15, -0.1) is 0 Å². The van der Waals surface area contributed by atoms with Crippen molar-refractivity contribution in [3.63, 3.8) is 0 Å². The van der Waals surface area contributed by atoms with Crippen molar-refractivity contribution in [3.8, 4) is 0 Å². The Bertz CT molecular complexity index is 504. The second kappa shape index (κ2) is 7.81. The lowest BCUT2D eigenvalue weighted by atomic mass is 9.84. The highest BCUT2D eigenvalue weighted by atomic mass is 19.4. The molecule has 0 spiro atoms. The Balaban J connectivity index is 2.03. The van der Waals surface area contributed by atoms with E-state index in [1.54, 1.807) is 18.2 Å². The molecule has 0 radical (unpaired) electrons. The van der Waals surface area contributed by atoms with Crippen molar-refractivity contribution in [2.75, 3.05) is 6.54 Å². The molecule has 1 aromatic rings. The summed E-state index contributed by atoms with van der Waals surface area (Å²) < 4.78 is 39.9. The zero-order chi connectivity index (χ0) is 16.9. The standard InChI is InChI=1S/C17H23F3N2O/c18-17(19,20)14(12-6-2-1-3-7-12)10-16(23)22-15-9-5-4-8-13(15)11-21/h1-3,6-7,13-15H,4-5,8-11,21H2,(H,22,23). The normalized spacial score (nSPS) is 23.3. The van der Waals surface area contributed by atoms with Gasteiger partial charge in [-0.3, -0.25) is 4.79 Å². The number of nitrogens with one attached hydrogen (secondary N) is 1. The van der Waals surface area contributed by atoms with Crippen LogP contribution in [0.3, 0.4) is 0 Å². The summed E-state index contributed by atoms with van der Waals surface area (Å²) in [4.78, 5) is 12.2. The van der Waals surface area contributed by atoms with Gasteiger partial charge in [-0.2, -0.15) is 13.2 Å². The van der Waals surface area contributed by atoms with E-state index >= 15 is 0 Å². The molecule has 128 valence electrons. The lowest BCUT2D eigenvalue weighted by Gasteiger charge is -2.32. The predicted molar refractivity (Wildman–Crippen MR) is 82.8 cm³/mol. The maximum Gasteiger partial charge on any atom is 0.396 e. The molecular weight excluding hydrogens is 305 g/mol. The minimum atomic E-state index is -4.45. The molecule has 3 atom stereocenters. The van der Waals surface area contributed by atoms with Gasteiger partial charge in [-0.1, -0.05) is 43.2 Å². The van der Waals surface area contributed by atoms with E-state index in [1.807, 2.05) is 0 Å². The average molecular weight is 328 g/mol. The van der Waals surface area contributed by atoms with Gasteiger partial charge in [0.25, 0.3) is 0 Å². The molecular formula is C17H23F3N2O. The molecule has 1 aliphatic carbocycles. The second-order valence-corrected chi connectivity index (χ2v) is 6.16. The van der Waals surface area contributed by atoms with E-state index in [9.17, 15) is 18.0 Å². The molecule has 3 nitrogen and oxygen atoms in total. The van der Waals surface area contributed by atoms with Gasteiger partial charge in [-0.25, -0.2) is 0 Å². The van der Waals surface area contributed by atoms with Crippen LogP contribution in [0.5, 0.6) is 0 Å². The maximum atomic E-state index is 13.3. The molecule has 0 saturated heterocycles. The number of carbonyl (C=O) groups is 1. The fourth-order valence-corrected chi connectivity index (χ4v) is 3.24. The molecule has 1 amide bonds. The zero-order valence-electron chi connectivity index (χ0n) is 13.0. The molecule has 0 aromatic heterocycles. The Labute approximate surface area is 134 Å². The lowest BCUT2D eigenvalue weighted by molar-refractivity contribution is -0.157. The minimum absolute atomic E-state index is 0.106. The largest absolute Gasteiger partial charge is 0.396 e. The summed E-state index contributed by atoms with van der Waals surface area (Å²) in [5.74, 6) is -2.17. The second-order valence-electron chi connectivity index (χ2n) is 6.16. The Hall–Kier alpha value is -1.56. The van der Waals surface area contributed by atoms with Crippen LogP contribution in [-0.4, -0.2) is 24.7 Å². The van der Waals surface area contributed by atoms with Gasteiger partial charge < -0.3 is 11.1 Å². The fraction of sp³-hybridized carbons (Fsp3) is 0.588. The molecule has 1 saturated carbocycles. The number of halogens is 3. The van der Waals surface area contributed by atoms with Crippen molar-refractivity contribution >= 4 is 5.91 Å². The Morgan fingerprint density at radius 3 is 2.48 bits per heavy atom. The van der Waals surface area contributed by atoms with Gasteiger partial charge in [0.15, 0.2) is 0 Å². The lowest BCUT2D eigenvalue weighted by Crippen LogP contribution is -2.45. The SMILES string of the molecule is NCC1CCCCC1NC(=O)CC(c1ccccc1)C(F)(F)F. The summed E-state index contributed by atoms with van der Waals surface area (Å²) in [6.45, 7) is 0.451. The molecule has 1 aliphatic rings. The maximum absolute atomic E-state index is 13.3. The fourth-order valence-electron chi connectivity index (χ4n) is 3.24. The first kappa shape index (κ1) is 17.8. The topological polar surface area (TPSA) is 55.1 Å². The Morgan fingerprint density at radius 2 is 1.87 bits per heavy atom. The van der Waals surface area contributed by atoms with E-state index in [4.69, 9.17) is 5.73 Å². The molecule has 3 unspecified atom stereocenters. The molecule has 6 heteroatoms. The number of alkyl halides is 3. The van der Waals surface area contributed by atoms with Crippen molar-refractivity contribution < 1.29 is 18.0 Å². The van der Waals surface area contributed by atoms with Crippen molar-refractivity contribution in [3.05, 3.63) is 35.9 Å². The highest BCUT2D eigenvalue weighted by Gasteiger charge is 2.42. The van der Waals surface area contributed by atoms with Crippen LogP contribution in [0.4, 0.5) is 13.2 Å². The van der Waals surface area contributed by atoms with Gasteiger partial charge in [-0.05, 0) is 30.9 Å². The van der Waals surface area contributed by atoms with E-state index in [-0.39, 0.29) is 17.5 Å². The molecule has 0 heterocycles. The number of nitrogens with two attached hydrogens (primary N) is 1. The number of rotatable bonds is 5. The van der Waals surface area contributed by atoms with Gasteiger partial charge in [0.05, 0.1) is 5.92 Å². The summed E-state index contributed by atoms with van der Waals surface area (Å²) >= 11 is 0. The third-order valence-corrected chi connectivity index (χ3v) is 4.54. The first-order chi connectivity index (χ1) is 10.9. The summed E-state index contributed by atoms with van der Waals surface area (Å²) in [5.41, 5.74) is 5.82. The zero-order valence-corrected chi connectivity index (χ0v) is 13.0. The van der Waals surface area contributed by atoms with E-state index < -0.39 is 24.4 Å². The van der Waals surface area contributed by atoms with Gasteiger partial charge in [0, 0.05) is 12.5 Å².